The molecule has 1 aromatic rings. The van der Waals surface area contributed by atoms with Gasteiger partial charge in [-0.2, -0.15) is 13.2 Å². The molecule has 1 aromatic carbocycles. The molecular formula is C9H11ClF3NO. The van der Waals surface area contributed by atoms with Crippen molar-refractivity contribution in [2.24, 2.45) is 5.73 Å². The SMILES string of the molecule is COc1ccc(CN)c(C(F)(F)F)c1.Cl. The Morgan fingerprint density at radius 3 is 2.33 bits per heavy atom. The highest BCUT2D eigenvalue weighted by Gasteiger charge is 2.33. The van der Waals surface area contributed by atoms with Crippen LogP contribution in [0.1, 0.15) is 11.1 Å². The third-order valence-corrected chi connectivity index (χ3v) is 1.84. The molecule has 0 fully saturated rings. The van der Waals surface area contributed by atoms with Gasteiger partial charge in [0, 0.05) is 6.54 Å². The molecule has 0 aliphatic heterocycles. The third-order valence-electron chi connectivity index (χ3n) is 1.84. The fourth-order valence-corrected chi connectivity index (χ4v) is 1.12. The highest BCUT2D eigenvalue weighted by molar-refractivity contribution is 5.85. The van der Waals surface area contributed by atoms with E-state index in [9.17, 15) is 13.2 Å². The molecule has 0 aromatic heterocycles. The van der Waals surface area contributed by atoms with Crippen LogP contribution in [0.3, 0.4) is 0 Å². The van der Waals surface area contributed by atoms with E-state index in [4.69, 9.17) is 10.5 Å². The summed E-state index contributed by atoms with van der Waals surface area (Å²) in [5, 5.41) is 0. The molecule has 15 heavy (non-hydrogen) atoms. The average Bonchev–Trinajstić information content (AvgIpc) is 2.15. The Kier molecular flexibility index (Phi) is 4.90. The molecule has 2 nitrogen and oxygen atoms in total. The molecule has 0 spiro atoms. The van der Waals surface area contributed by atoms with Gasteiger partial charge in [0.05, 0.1) is 12.7 Å². The normalized spacial score (nSPS) is 10.7. The largest absolute Gasteiger partial charge is 0.497 e. The summed E-state index contributed by atoms with van der Waals surface area (Å²) in [6.07, 6.45) is -4.39. The zero-order valence-corrected chi connectivity index (χ0v) is 8.78. The van der Waals surface area contributed by atoms with Crippen LogP contribution in [0.15, 0.2) is 18.2 Å². The Labute approximate surface area is 91.6 Å². The van der Waals surface area contributed by atoms with Crippen LogP contribution in [0, 0.1) is 0 Å². The van der Waals surface area contributed by atoms with Crippen molar-refractivity contribution in [3.05, 3.63) is 29.3 Å². The zero-order chi connectivity index (χ0) is 10.8. The van der Waals surface area contributed by atoms with Gasteiger partial charge in [0.25, 0.3) is 0 Å². The lowest BCUT2D eigenvalue weighted by Crippen LogP contribution is -2.12. The minimum atomic E-state index is -4.39. The minimum Gasteiger partial charge on any atom is -0.497 e. The van der Waals surface area contributed by atoms with E-state index in [0.29, 0.717) is 0 Å². The summed E-state index contributed by atoms with van der Waals surface area (Å²) in [6, 6.07) is 3.72. The maximum atomic E-state index is 12.4. The van der Waals surface area contributed by atoms with Crippen molar-refractivity contribution in [2.75, 3.05) is 7.11 Å². The third kappa shape index (κ3) is 3.28. The summed E-state index contributed by atoms with van der Waals surface area (Å²) in [7, 11) is 1.32. The summed E-state index contributed by atoms with van der Waals surface area (Å²) < 4.78 is 42.0. The second-order valence-electron chi connectivity index (χ2n) is 2.72. The maximum absolute atomic E-state index is 12.4. The predicted octanol–water partition coefficient (Wildman–Crippen LogP) is 2.59. The molecule has 0 radical (unpaired) electrons. The summed E-state index contributed by atoms with van der Waals surface area (Å²) in [6.45, 7) is -0.140. The van der Waals surface area contributed by atoms with E-state index in [2.05, 4.69) is 0 Å². The van der Waals surface area contributed by atoms with Crippen molar-refractivity contribution in [3.8, 4) is 5.75 Å². The van der Waals surface area contributed by atoms with E-state index in [1.54, 1.807) is 0 Å². The van der Waals surface area contributed by atoms with Crippen LogP contribution >= 0.6 is 12.4 Å². The van der Waals surface area contributed by atoms with Crippen molar-refractivity contribution < 1.29 is 17.9 Å². The van der Waals surface area contributed by atoms with Gasteiger partial charge in [-0.25, -0.2) is 0 Å². The van der Waals surface area contributed by atoms with Gasteiger partial charge in [-0.3, -0.25) is 0 Å². The zero-order valence-electron chi connectivity index (χ0n) is 7.97. The summed E-state index contributed by atoms with van der Waals surface area (Å²) >= 11 is 0. The quantitative estimate of drug-likeness (QED) is 0.864. The van der Waals surface area contributed by atoms with Crippen LogP contribution in [0.25, 0.3) is 0 Å². The number of ether oxygens (including phenoxy) is 1. The smallest absolute Gasteiger partial charge is 0.416 e. The van der Waals surface area contributed by atoms with Gasteiger partial charge in [-0.05, 0) is 17.7 Å². The lowest BCUT2D eigenvalue weighted by molar-refractivity contribution is -0.138. The van der Waals surface area contributed by atoms with Gasteiger partial charge in [0.2, 0.25) is 0 Å². The Bertz CT molecular complexity index is 328. The maximum Gasteiger partial charge on any atom is 0.416 e. The molecule has 0 atom stereocenters. The first-order chi connectivity index (χ1) is 6.49. The van der Waals surface area contributed by atoms with Gasteiger partial charge in [-0.1, -0.05) is 6.07 Å². The number of hydrogen-bond acceptors (Lipinski definition) is 2. The Morgan fingerprint density at radius 2 is 1.93 bits per heavy atom. The fraction of sp³-hybridized carbons (Fsp3) is 0.333. The number of nitrogens with two attached hydrogens (primary N) is 1. The molecule has 0 unspecified atom stereocenters. The van der Waals surface area contributed by atoms with E-state index >= 15 is 0 Å². The number of hydrogen-bond donors (Lipinski definition) is 1. The summed E-state index contributed by atoms with van der Waals surface area (Å²) in [4.78, 5) is 0. The summed E-state index contributed by atoms with van der Waals surface area (Å²) in [5.74, 6) is 0.175. The number of alkyl halides is 3. The Balaban J connectivity index is 0.00000196. The molecule has 0 heterocycles. The van der Waals surface area contributed by atoms with Crippen LogP contribution < -0.4 is 10.5 Å². The van der Waals surface area contributed by atoms with Crippen molar-refractivity contribution >= 4 is 12.4 Å². The van der Waals surface area contributed by atoms with Gasteiger partial charge in [0.1, 0.15) is 5.75 Å². The molecule has 2 N–H and O–H groups in total. The molecule has 0 amide bonds. The van der Waals surface area contributed by atoms with E-state index in [1.807, 2.05) is 0 Å². The number of methoxy groups -OCH3 is 1. The average molecular weight is 242 g/mol. The highest BCUT2D eigenvalue weighted by atomic mass is 35.5. The minimum absolute atomic E-state index is 0. The molecule has 0 aliphatic carbocycles. The second-order valence-corrected chi connectivity index (χ2v) is 2.72. The number of benzene rings is 1. The monoisotopic (exact) mass is 241 g/mol. The van der Waals surface area contributed by atoms with Crippen LogP contribution in [-0.4, -0.2) is 7.11 Å². The van der Waals surface area contributed by atoms with Gasteiger partial charge in [0.15, 0.2) is 0 Å². The van der Waals surface area contributed by atoms with Crippen molar-refractivity contribution in [1.29, 1.82) is 0 Å². The number of rotatable bonds is 2. The van der Waals surface area contributed by atoms with Gasteiger partial charge >= 0.3 is 6.18 Å². The second kappa shape index (κ2) is 5.23. The van der Waals surface area contributed by atoms with Crippen LogP contribution in [-0.2, 0) is 12.7 Å². The predicted molar refractivity (Wildman–Crippen MR) is 53.1 cm³/mol. The highest BCUT2D eigenvalue weighted by Crippen LogP contribution is 2.34. The summed E-state index contributed by atoms with van der Waals surface area (Å²) in [5.41, 5.74) is 4.53. The molecule has 6 heteroatoms. The lowest BCUT2D eigenvalue weighted by atomic mass is 10.1. The lowest BCUT2D eigenvalue weighted by Gasteiger charge is -2.12. The molecule has 86 valence electrons. The van der Waals surface area contributed by atoms with Crippen LogP contribution in [0.2, 0.25) is 0 Å². The van der Waals surface area contributed by atoms with Crippen LogP contribution in [0.4, 0.5) is 13.2 Å². The van der Waals surface area contributed by atoms with E-state index < -0.39 is 11.7 Å². The van der Waals surface area contributed by atoms with Crippen molar-refractivity contribution in [3.63, 3.8) is 0 Å². The molecule has 0 aliphatic rings. The first kappa shape index (κ1) is 14.1. The van der Waals surface area contributed by atoms with Crippen molar-refractivity contribution in [2.45, 2.75) is 12.7 Å². The van der Waals surface area contributed by atoms with Crippen LogP contribution in [0.5, 0.6) is 5.75 Å². The van der Waals surface area contributed by atoms with E-state index in [-0.39, 0.29) is 30.3 Å². The first-order valence-corrected chi connectivity index (χ1v) is 3.93. The molecule has 0 saturated carbocycles. The Hall–Kier alpha value is -0.940. The standard InChI is InChI=1S/C9H10F3NO.ClH/c1-14-7-3-2-6(5-13)8(4-7)9(10,11)12;/h2-4H,5,13H2,1H3;1H. The van der Waals surface area contributed by atoms with Gasteiger partial charge < -0.3 is 10.5 Å². The number of halogens is 4. The molecular weight excluding hydrogens is 231 g/mol. The molecule has 0 bridgehead atoms. The first-order valence-electron chi connectivity index (χ1n) is 3.93. The molecule has 0 saturated heterocycles. The van der Waals surface area contributed by atoms with Gasteiger partial charge in [-0.15, -0.1) is 12.4 Å². The van der Waals surface area contributed by atoms with E-state index in [0.717, 1.165) is 6.07 Å². The van der Waals surface area contributed by atoms with Crippen molar-refractivity contribution in [1.82, 2.24) is 0 Å². The fourth-order valence-electron chi connectivity index (χ4n) is 1.12. The molecule has 1 rings (SSSR count). The Morgan fingerprint density at radius 1 is 1.33 bits per heavy atom. The topological polar surface area (TPSA) is 35.2 Å². The van der Waals surface area contributed by atoms with E-state index in [1.165, 1.54) is 19.2 Å².